The number of hydrogen-bond donors (Lipinski definition) is 4. The second-order valence-corrected chi connectivity index (χ2v) is 6.76. The van der Waals surface area contributed by atoms with Gasteiger partial charge in [0.15, 0.2) is 11.9 Å². The number of benzene rings is 2. The molecule has 7 nitrogen and oxygen atoms in total. The monoisotopic (exact) mass is 388 g/mol. The Labute approximate surface area is 169 Å². The van der Waals surface area contributed by atoms with Crippen molar-refractivity contribution in [1.82, 2.24) is 5.32 Å². The fourth-order valence-corrected chi connectivity index (χ4v) is 3.02. The number of furan rings is 1. The van der Waals surface area contributed by atoms with Crippen molar-refractivity contribution in [3.63, 3.8) is 0 Å². The minimum Gasteiger partial charge on any atom is -0.467 e. The van der Waals surface area contributed by atoms with E-state index in [4.69, 9.17) is 10.2 Å². The van der Waals surface area contributed by atoms with Gasteiger partial charge in [0.05, 0.1) is 12.8 Å². The average Bonchev–Trinajstić information content (AvgIpc) is 3.44. The summed E-state index contributed by atoms with van der Waals surface area (Å²) >= 11 is 0. The molecule has 0 spiro atoms. The van der Waals surface area contributed by atoms with Crippen LogP contribution in [0.25, 0.3) is 0 Å². The number of guanidine groups is 2. The third-order valence-corrected chi connectivity index (χ3v) is 4.51. The number of nitrogens with one attached hydrogen (secondary N) is 3. The quantitative estimate of drug-likeness (QED) is 0.384. The van der Waals surface area contributed by atoms with Crippen LogP contribution < -0.4 is 21.7 Å². The SMILES string of the molecule is NC(=NCc1ccco1)Nc1ccc(Cc2ccc(NC3=NCCN3)cc2)cc1. The number of anilines is 2. The maximum Gasteiger partial charge on any atom is 0.195 e. The highest BCUT2D eigenvalue weighted by Gasteiger charge is 2.05. The molecule has 2 heterocycles. The van der Waals surface area contributed by atoms with Crippen LogP contribution in [-0.2, 0) is 13.0 Å². The minimum atomic E-state index is 0.360. The molecule has 4 rings (SSSR count). The van der Waals surface area contributed by atoms with Gasteiger partial charge in [-0.25, -0.2) is 4.99 Å². The Kier molecular flexibility index (Phi) is 5.76. The number of nitrogens with two attached hydrogens (primary N) is 1. The average molecular weight is 388 g/mol. The summed E-state index contributed by atoms with van der Waals surface area (Å²) in [6.45, 7) is 2.14. The van der Waals surface area contributed by atoms with Crippen LogP contribution in [0.3, 0.4) is 0 Å². The molecule has 3 aromatic rings. The van der Waals surface area contributed by atoms with Crippen LogP contribution in [0.5, 0.6) is 0 Å². The first-order valence-corrected chi connectivity index (χ1v) is 9.57. The molecule has 0 atom stereocenters. The normalized spacial score (nSPS) is 13.7. The van der Waals surface area contributed by atoms with Crippen molar-refractivity contribution in [2.24, 2.45) is 15.7 Å². The summed E-state index contributed by atoms with van der Waals surface area (Å²) < 4.78 is 5.24. The van der Waals surface area contributed by atoms with E-state index in [0.717, 1.165) is 42.6 Å². The maximum absolute atomic E-state index is 5.93. The molecule has 0 amide bonds. The van der Waals surface area contributed by atoms with Crippen LogP contribution in [0, 0.1) is 0 Å². The summed E-state index contributed by atoms with van der Waals surface area (Å²) in [5.74, 6) is 1.98. The molecule has 0 saturated heterocycles. The first-order valence-electron chi connectivity index (χ1n) is 9.57. The second-order valence-electron chi connectivity index (χ2n) is 6.76. The molecule has 2 aromatic carbocycles. The van der Waals surface area contributed by atoms with Crippen molar-refractivity contribution in [2.45, 2.75) is 13.0 Å². The predicted octanol–water partition coefficient (Wildman–Crippen LogP) is 3.17. The van der Waals surface area contributed by atoms with E-state index in [-0.39, 0.29) is 0 Å². The molecule has 0 radical (unpaired) electrons. The van der Waals surface area contributed by atoms with Crippen LogP contribution >= 0.6 is 0 Å². The van der Waals surface area contributed by atoms with E-state index in [1.165, 1.54) is 11.1 Å². The fourth-order valence-electron chi connectivity index (χ4n) is 3.02. The molecule has 0 unspecified atom stereocenters. The molecule has 0 saturated carbocycles. The highest BCUT2D eigenvalue weighted by molar-refractivity contribution is 5.94. The third kappa shape index (κ3) is 5.38. The lowest BCUT2D eigenvalue weighted by atomic mass is 10.0. The summed E-state index contributed by atoms with van der Waals surface area (Å²) in [5, 5.41) is 9.58. The Hall–Kier alpha value is -3.74. The Morgan fingerprint density at radius 3 is 2.38 bits per heavy atom. The van der Waals surface area contributed by atoms with Crippen LogP contribution in [0.15, 0.2) is 81.3 Å². The number of nitrogens with zero attached hydrogens (tertiary/aromatic N) is 2. The van der Waals surface area contributed by atoms with Crippen LogP contribution in [0.1, 0.15) is 16.9 Å². The van der Waals surface area contributed by atoms with Crippen molar-refractivity contribution in [3.05, 3.63) is 83.8 Å². The largest absolute Gasteiger partial charge is 0.467 e. The van der Waals surface area contributed by atoms with Gasteiger partial charge in [-0.3, -0.25) is 4.99 Å². The van der Waals surface area contributed by atoms with Gasteiger partial charge in [0.2, 0.25) is 0 Å². The maximum atomic E-state index is 5.93. The second kappa shape index (κ2) is 8.97. The van der Waals surface area contributed by atoms with Crippen LogP contribution in [-0.4, -0.2) is 25.0 Å². The lowest BCUT2D eigenvalue weighted by Crippen LogP contribution is -2.26. The van der Waals surface area contributed by atoms with E-state index >= 15 is 0 Å². The van der Waals surface area contributed by atoms with Gasteiger partial charge in [-0.15, -0.1) is 0 Å². The van der Waals surface area contributed by atoms with E-state index in [1.807, 2.05) is 24.3 Å². The third-order valence-electron chi connectivity index (χ3n) is 4.51. The first-order chi connectivity index (χ1) is 14.2. The van der Waals surface area contributed by atoms with E-state index in [9.17, 15) is 0 Å². The molecule has 148 valence electrons. The number of aliphatic imine (C=N–C) groups is 2. The van der Waals surface area contributed by atoms with E-state index < -0.39 is 0 Å². The van der Waals surface area contributed by atoms with Gasteiger partial charge in [-0.1, -0.05) is 24.3 Å². The summed E-state index contributed by atoms with van der Waals surface area (Å²) in [6.07, 6.45) is 2.49. The van der Waals surface area contributed by atoms with Crippen molar-refractivity contribution in [1.29, 1.82) is 0 Å². The lowest BCUT2D eigenvalue weighted by molar-refractivity contribution is 0.513. The van der Waals surface area contributed by atoms with Gasteiger partial charge in [0.25, 0.3) is 0 Å². The highest BCUT2D eigenvalue weighted by Crippen LogP contribution is 2.16. The van der Waals surface area contributed by atoms with E-state index in [2.05, 4.69) is 62.3 Å². The fraction of sp³-hybridized carbons (Fsp3) is 0.182. The minimum absolute atomic E-state index is 0.360. The van der Waals surface area contributed by atoms with Crippen molar-refractivity contribution in [2.75, 3.05) is 23.7 Å². The molecular formula is C22H24N6O. The predicted molar refractivity (Wildman–Crippen MR) is 117 cm³/mol. The summed E-state index contributed by atoms with van der Waals surface area (Å²) in [7, 11) is 0. The Bertz CT molecular complexity index is 975. The molecule has 1 aliphatic heterocycles. The molecule has 0 fully saturated rings. The Balaban J connectivity index is 1.30. The van der Waals surface area contributed by atoms with Gasteiger partial charge >= 0.3 is 0 Å². The zero-order valence-electron chi connectivity index (χ0n) is 16.1. The summed E-state index contributed by atoms with van der Waals surface area (Å²) in [5.41, 5.74) is 10.3. The van der Waals surface area contributed by atoms with E-state index in [1.54, 1.807) is 6.26 Å². The Morgan fingerprint density at radius 1 is 1.03 bits per heavy atom. The Morgan fingerprint density at radius 2 is 1.76 bits per heavy atom. The van der Waals surface area contributed by atoms with Crippen LogP contribution in [0.2, 0.25) is 0 Å². The van der Waals surface area contributed by atoms with E-state index in [0.29, 0.717) is 12.5 Å². The lowest BCUT2D eigenvalue weighted by Gasteiger charge is -2.09. The van der Waals surface area contributed by atoms with Gasteiger partial charge in [0, 0.05) is 17.9 Å². The summed E-state index contributed by atoms with van der Waals surface area (Å²) in [6, 6.07) is 20.3. The molecule has 1 aromatic heterocycles. The first kappa shape index (κ1) is 18.6. The topological polar surface area (TPSA) is 100.0 Å². The number of hydrogen-bond acceptors (Lipinski definition) is 5. The standard InChI is InChI=1S/C22H24N6O/c23-21(26-15-20-2-1-13-29-20)27-18-7-3-16(4-8-18)14-17-5-9-19(10-6-17)28-22-24-11-12-25-22/h1-10,13H,11-12,14-15H2,(H3,23,26,27)(H2,24,25,28). The van der Waals surface area contributed by atoms with Crippen LogP contribution in [0.4, 0.5) is 11.4 Å². The highest BCUT2D eigenvalue weighted by atomic mass is 16.3. The molecule has 29 heavy (non-hydrogen) atoms. The molecule has 5 N–H and O–H groups in total. The molecular weight excluding hydrogens is 364 g/mol. The molecule has 7 heteroatoms. The zero-order chi connectivity index (χ0) is 19.9. The molecule has 0 aliphatic carbocycles. The number of rotatable bonds is 6. The smallest absolute Gasteiger partial charge is 0.195 e. The zero-order valence-corrected chi connectivity index (χ0v) is 16.1. The van der Waals surface area contributed by atoms with Crippen molar-refractivity contribution >= 4 is 23.3 Å². The van der Waals surface area contributed by atoms with Crippen molar-refractivity contribution in [3.8, 4) is 0 Å². The summed E-state index contributed by atoms with van der Waals surface area (Å²) in [4.78, 5) is 8.61. The molecule has 0 bridgehead atoms. The van der Waals surface area contributed by atoms with Crippen molar-refractivity contribution < 1.29 is 4.42 Å². The van der Waals surface area contributed by atoms with Gasteiger partial charge < -0.3 is 26.1 Å². The van der Waals surface area contributed by atoms with Gasteiger partial charge in [-0.05, 0) is 53.9 Å². The van der Waals surface area contributed by atoms with Gasteiger partial charge in [-0.2, -0.15) is 0 Å². The van der Waals surface area contributed by atoms with Gasteiger partial charge in [0.1, 0.15) is 12.3 Å². The molecule has 1 aliphatic rings.